The zero-order chi connectivity index (χ0) is 14.3. The van der Waals surface area contributed by atoms with Gasteiger partial charge in [0.05, 0.1) is 33.7 Å². The Morgan fingerprint density at radius 3 is 2.95 bits per heavy atom. The first kappa shape index (κ1) is 13.6. The Hall–Kier alpha value is -1.33. The molecule has 2 heterocycles. The van der Waals surface area contributed by atoms with Crippen molar-refractivity contribution >= 4 is 38.6 Å². The van der Waals surface area contributed by atoms with E-state index in [1.807, 2.05) is 23.6 Å². The van der Waals surface area contributed by atoms with E-state index in [0.29, 0.717) is 27.9 Å². The van der Waals surface area contributed by atoms with Gasteiger partial charge in [-0.25, -0.2) is 9.37 Å². The van der Waals surface area contributed by atoms with Gasteiger partial charge in [-0.15, -0.1) is 11.6 Å². The van der Waals surface area contributed by atoms with Gasteiger partial charge in [0.1, 0.15) is 17.4 Å². The fourth-order valence-electron chi connectivity index (χ4n) is 2.17. The van der Waals surface area contributed by atoms with Crippen LogP contribution in [0.1, 0.15) is 23.9 Å². The molecule has 2 aromatic heterocycles. The van der Waals surface area contributed by atoms with Crippen LogP contribution in [-0.4, -0.2) is 9.55 Å². The predicted molar refractivity (Wildman–Crippen MR) is 79.5 cm³/mol. The Balaban J connectivity index is 2.20. The largest absolute Gasteiger partial charge is 0.467 e. The van der Waals surface area contributed by atoms with Crippen LogP contribution in [0.5, 0.6) is 0 Å². The van der Waals surface area contributed by atoms with Crippen LogP contribution < -0.4 is 0 Å². The van der Waals surface area contributed by atoms with Crippen molar-refractivity contribution in [3.63, 3.8) is 0 Å². The summed E-state index contributed by atoms with van der Waals surface area (Å²) in [5.74, 6) is 1.13. The van der Waals surface area contributed by atoms with Crippen molar-refractivity contribution in [2.24, 2.45) is 0 Å². The number of hydrogen-bond acceptors (Lipinski definition) is 2. The molecule has 0 N–H and O–H groups in total. The Labute approximate surface area is 128 Å². The van der Waals surface area contributed by atoms with Crippen molar-refractivity contribution in [3.8, 4) is 0 Å². The molecule has 0 spiro atoms. The minimum atomic E-state index is -0.327. The second kappa shape index (κ2) is 5.22. The van der Waals surface area contributed by atoms with Gasteiger partial charge in [-0.05, 0) is 41.1 Å². The summed E-state index contributed by atoms with van der Waals surface area (Å²) in [6, 6.07) is 6.79. The van der Waals surface area contributed by atoms with Gasteiger partial charge in [0, 0.05) is 6.07 Å². The summed E-state index contributed by atoms with van der Waals surface area (Å²) in [6.07, 6.45) is 1.61. The molecule has 0 aliphatic heterocycles. The number of aromatic nitrogens is 2. The Kier molecular flexibility index (Phi) is 3.56. The second-order valence-corrected chi connectivity index (χ2v) is 6.02. The van der Waals surface area contributed by atoms with Gasteiger partial charge in [-0.1, -0.05) is 0 Å². The maximum Gasteiger partial charge on any atom is 0.139 e. The second-order valence-electron chi connectivity index (χ2n) is 4.51. The number of rotatable bonds is 3. The molecule has 0 saturated carbocycles. The molecular formula is C14H11BrClFN2O. The lowest BCUT2D eigenvalue weighted by Crippen LogP contribution is -2.05. The van der Waals surface area contributed by atoms with Gasteiger partial charge in [0.15, 0.2) is 0 Å². The van der Waals surface area contributed by atoms with Gasteiger partial charge < -0.3 is 8.98 Å². The maximum atomic E-state index is 13.8. The van der Waals surface area contributed by atoms with E-state index in [2.05, 4.69) is 20.9 Å². The van der Waals surface area contributed by atoms with E-state index in [1.54, 1.807) is 12.3 Å². The Morgan fingerprint density at radius 2 is 2.30 bits per heavy atom. The molecule has 0 aliphatic carbocycles. The van der Waals surface area contributed by atoms with Crippen molar-refractivity contribution in [3.05, 3.63) is 52.4 Å². The standard InChI is InChI=1S/C14H11BrClFN2O/c1-8(16)14-18-12-5-10(15)11(17)6-13(12)19(14)7-9-3-2-4-20-9/h2-6,8H,7H2,1H3. The van der Waals surface area contributed by atoms with Gasteiger partial charge in [-0.3, -0.25) is 0 Å². The molecule has 3 aromatic rings. The number of alkyl halides is 1. The number of fused-ring (bicyclic) bond motifs is 1. The summed E-state index contributed by atoms with van der Waals surface area (Å²) in [4.78, 5) is 4.49. The summed E-state index contributed by atoms with van der Waals surface area (Å²) in [5, 5.41) is -0.279. The first-order valence-corrected chi connectivity index (χ1v) is 7.31. The average molecular weight is 358 g/mol. The smallest absolute Gasteiger partial charge is 0.139 e. The van der Waals surface area contributed by atoms with Crippen LogP contribution in [0, 0.1) is 5.82 Å². The molecule has 3 rings (SSSR count). The number of imidazole rings is 1. The highest BCUT2D eigenvalue weighted by atomic mass is 79.9. The average Bonchev–Trinajstić information content (AvgIpc) is 3.00. The van der Waals surface area contributed by atoms with Crippen LogP contribution in [0.25, 0.3) is 11.0 Å². The molecule has 0 aliphatic rings. The molecule has 0 amide bonds. The minimum Gasteiger partial charge on any atom is -0.467 e. The highest BCUT2D eigenvalue weighted by Gasteiger charge is 2.17. The lowest BCUT2D eigenvalue weighted by molar-refractivity contribution is 0.491. The molecule has 6 heteroatoms. The number of halogens is 3. The van der Waals surface area contributed by atoms with Gasteiger partial charge in [-0.2, -0.15) is 0 Å². The molecule has 0 fully saturated rings. The van der Waals surface area contributed by atoms with E-state index in [1.165, 1.54) is 6.07 Å². The molecule has 0 radical (unpaired) electrons. The monoisotopic (exact) mass is 356 g/mol. The lowest BCUT2D eigenvalue weighted by atomic mass is 10.3. The zero-order valence-electron chi connectivity index (χ0n) is 10.6. The van der Waals surface area contributed by atoms with Crippen LogP contribution in [0.4, 0.5) is 4.39 Å². The highest BCUT2D eigenvalue weighted by Crippen LogP contribution is 2.29. The topological polar surface area (TPSA) is 31.0 Å². The molecular weight excluding hydrogens is 347 g/mol. The normalized spacial score (nSPS) is 13.0. The van der Waals surface area contributed by atoms with Crippen LogP contribution in [0.2, 0.25) is 0 Å². The van der Waals surface area contributed by atoms with E-state index < -0.39 is 0 Å². The third-order valence-electron chi connectivity index (χ3n) is 3.07. The summed E-state index contributed by atoms with van der Waals surface area (Å²) in [7, 11) is 0. The number of furan rings is 1. The lowest BCUT2D eigenvalue weighted by Gasteiger charge is -2.08. The Morgan fingerprint density at radius 1 is 1.50 bits per heavy atom. The molecule has 1 aromatic carbocycles. The van der Waals surface area contributed by atoms with Crippen molar-refractivity contribution in [2.75, 3.05) is 0 Å². The van der Waals surface area contributed by atoms with E-state index in [4.69, 9.17) is 16.0 Å². The van der Waals surface area contributed by atoms with E-state index in [-0.39, 0.29) is 11.2 Å². The predicted octanol–water partition coefficient (Wildman–Crippen LogP) is 4.88. The molecule has 0 saturated heterocycles. The summed E-state index contributed by atoms with van der Waals surface area (Å²) < 4.78 is 21.4. The summed E-state index contributed by atoms with van der Waals surface area (Å²) in [6.45, 7) is 2.31. The molecule has 1 atom stereocenters. The third-order valence-corrected chi connectivity index (χ3v) is 3.87. The number of hydrogen-bond donors (Lipinski definition) is 0. The van der Waals surface area contributed by atoms with E-state index in [0.717, 1.165) is 5.76 Å². The third kappa shape index (κ3) is 2.36. The summed E-state index contributed by atoms with van der Waals surface area (Å²) in [5.41, 5.74) is 1.40. The van der Waals surface area contributed by atoms with Gasteiger partial charge in [0.25, 0.3) is 0 Å². The molecule has 104 valence electrons. The van der Waals surface area contributed by atoms with Crippen LogP contribution in [0.15, 0.2) is 39.4 Å². The fourth-order valence-corrected chi connectivity index (χ4v) is 2.66. The van der Waals surface area contributed by atoms with Crippen LogP contribution in [0.3, 0.4) is 0 Å². The summed E-state index contributed by atoms with van der Waals surface area (Å²) >= 11 is 9.35. The Bertz CT molecular complexity index is 752. The minimum absolute atomic E-state index is 0.279. The van der Waals surface area contributed by atoms with E-state index >= 15 is 0 Å². The van der Waals surface area contributed by atoms with Crippen molar-refractivity contribution in [1.82, 2.24) is 9.55 Å². The quantitative estimate of drug-likeness (QED) is 0.626. The van der Waals surface area contributed by atoms with Crippen LogP contribution in [-0.2, 0) is 6.54 Å². The van der Waals surface area contributed by atoms with Crippen LogP contribution >= 0.6 is 27.5 Å². The number of nitrogens with zero attached hydrogens (tertiary/aromatic N) is 2. The fraction of sp³-hybridized carbons (Fsp3) is 0.214. The zero-order valence-corrected chi connectivity index (χ0v) is 12.9. The number of benzene rings is 1. The molecule has 0 bridgehead atoms. The first-order valence-electron chi connectivity index (χ1n) is 6.08. The van der Waals surface area contributed by atoms with Crippen molar-refractivity contribution in [2.45, 2.75) is 18.8 Å². The SMILES string of the molecule is CC(Cl)c1nc2cc(Br)c(F)cc2n1Cc1ccco1. The van der Waals surface area contributed by atoms with Crippen molar-refractivity contribution in [1.29, 1.82) is 0 Å². The first-order chi connectivity index (χ1) is 9.56. The molecule has 3 nitrogen and oxygen atoms in total. The molecule has 1 unspecified atom stereocenters. The maximum absolute atomic E-state index is 13.8. The highest BCUT2D eigenvalue weighted by molar-refractivity contribution is 9.10. The van der Waals surface area contributed by atoms with E-state index in [9.17, 15) is 4.39 Å². The van der Waals surface area contributed by atoms with Crippen molar-refractivity contribution < 1.29 is 8.81 Å². The van der Waals surface area contributed by atoms with Gasteiger partial charge >= 0.3 is 0 Å². The van der Waals surface area contributed by atoms with Gasteiger partial charge in [0.2, 0.25) is 0 Å². The molecule has 20 heavy (non-hydrogen) atoms.